The molecule has 0 aromatic heterocycles. The first-order chi connectivity index (χ1) is 15.4. The molecule has 5 nitrogen and oxygen atoms in total. The summed E-state index contributed by atoms with van der Waals surface area (Å²) >= 11 is 0. The zero-order valence-corrected chi connectivity index (χ0v) is 20.3. The molecule has 1 saturated heterocycles. The van der Waals surface area contributed by atoms with Crippen LogP contribution >= 0.6 is 0 Å². The van der Waals surface area contributed by atoms with Gasteiger partial charge in [-0.1, -0.05) is 38.1 Å². The average Bonchev–Trinajstić information content (AvgIpc) is 2.82. The first kappa shape index (κ1) is 24.1. The molecule has 0 radical (unpaired) electrons. The molecule has 0 aliphatic carbocycles. The minimum atomic E-state index is -0.478. The average molecular weight is 439 g/mol. The van der Waals surface area contributed by atoms with Gasteiger partial charge in [0, 0.05) is 26.2 Å². The largest absolute Gasteiger partial charge is 0.497 e. The summed E-state index contributed by atoms with van der Waals surface area (Å²) in [4.78, 5) is 18.2. The number of ether oxygens (including phenoxy) is 2. The van der Waals surface area contributed by atoms with Gasteiger partial charge in [0.15, 0.2) is 0 Å². The maximum absolute atomic E-state index is 13.8. The molecule has 1 aliphatic rings. The quantitative estimate of drug-likeness (QED) is 0.552. The van der Waals surface area contributed by atoms with Crippen LogP contribution in [0.4, 0.5) is 0 Å². The first-order valence-electron chi connectivity index (χ1n) is 11.7. The van der Waals surface area contributed by atoms with E-state index in [1.54, 1.807) is 14.2 Å². The molecule has 0 N–H and O–H groups in total. The van der Waals surface area contributed by atoms with Gasteiger partial charge in [-0.15, -0.1) is 0 Å². The monoisotopic (exact) mass is 438 g/mol. The Kier molecular flexibility index (Phi) is 8.19. The summed E-state index contributed by atoms with van der Waals surface area (Å²) in [5.74, 6) is 2.18. The van der Waals surface area contributed by atoms with Crippen molar-refractivity contribution in [3.63, 3.8) is 0 Å². The van der Waals surface area contributed by atoms with Crippen LogP contribution in [-0.4, -0.2) is 63.2 Å². The van der Waals surface area contributed by atoms with E-state index < -0.39 is 5.41 Å². The second kappa shape index (κ2) is 10.9. The Hall–Kier alpha value is -2.53. The predicted octanol–water partition coefficient (Wildman–Crippen LogP) is 4.39. The highest BCUT2D eigenvalue weighted by atomic mass is 16.5. The Morgan fingerprint density at radius 2 is 1.75 bits per heavy atom. The van der Waals surface area contributed by atoms with Crippen molar-refractivity contribution in [2.24, 2.45) is 5.92 Å². The van der Waals surface area contributed by atoms with E-state index in [4.69, 9.17) is 9.47 Å². The summed E-state index contributed by atoms with van der Waals surface area (Å²) in [7, 11) is 5.50. The molecule has 1 aliphatic heterocycles. The highest BCUT2D eigenvalue weighted by Crippen LogP contribution is 2.42. The van der Waals surface area contributed by atoms with Crippen LogP contribution in [0.5, 0.6) is 11.5 Å². The molecule has 3 rings (SSSR count). The maximum atomic E-state index is 13.8. The lowest BCUT2D eigenvalue weighted by atomic mass is 9.66. The summed E-state index contributed by atoms with van der Waals surface area (Å²) in [5, 5.41) is 0. The van der Waals surface area contributed by atoms with Crippen LogP contribution in [0.15, 0.2) is 48.5 Å². The van der Waals surface area contributed by atoms with E-state index in [1.165, 1.54) is 5.56 Å². The molecular formula is C27H38N2O3. The minimum absolute atomic E-state index is 0.220. The third kappa shape index (κ3) is 5.26. The number of hydrogen-bond donors (Lipinski definition) is 0. The van der Waals surface area contributed by atoms with Gasteiger partial charge in [-0.3, -0.25) is 4.79 Å². The fourth-order valence-corrected chi connectivity index (χ4v) is 4.81. The molecule has 1 unspecified atom stereocenters. The van der Waals surface area contributed by atoms with Crippen LogP contribution in [0, 0.1) is 5.92 Å². The minimum Gasteiger partial charge on any atom is -0.497 e. The molecule has 0 bridgehead atoms. The smallest absolute Gasteiger partial charge is 0.233 e. The number of methoxy groups -OCH3 is 2. The summed E-state index contributed by atoms with van der Waals surface area (Å²) < 4.78 is 10.7. The number of likely N-dealkylation sites (N-methyl/N-ethyl adjacent to an activating group) is 1. The summed E-state index contributed by atoms with van der Waals surface area (Å²) in [6, 6.07) is 16.3. The van der Waals surface area contributed by atoms with Crippen molar-refractivity contribution in [3.05, 3.63) is 59.7 Å². The Bertz CT molecular complexity index is 881. The second-order valence-corrected chi connectivity index (χ2v) is 9.16. The van der Waals surface area contributed by atoms with Crippen LogP contribution in [0.2, 0.25) is 0 Å². The fourth-order valence-electron chi connectivity index (χ4n) is 4.81. The molecule has 5 heteroatoms. The van der Waals surface area contributed by atoms with E-state index >= 15 is 0 Å². The van der Waals surface area contributed by atoms with Crippen molar-refractivity contribution < 1.29 is 14.3 Å². The topological polar surface area (TPSA) is 42.0 Å². The van der Waals surface area contributed by atoms with Crippen LogP contribution in [0.1, 0.15) is 37.8 Å². The molecule has 0 spiro atoms. The zero-order chi connectivity index (χ0) is 23.1. The van der Waals surface area contributed by atoms with Crippen molar-refractivity contribution in [1.29, 1.82) is 0 Å². The summed E-state index contributed by atoms with van der Waals surface area (Å²) in [5.41, 5.74) is 1.90. The van der Waals surface area contributed by atoms with E-state index in [1.807, 2.05) is 30.3 Å². The molecular weight excluding hydrogens is 400 g/mol. The number of piperidine rings is 1. The summed E-state index contributed by atoms with van der Waals surface area (Å²) in [6.07, 6.45) is 2.89. The Balaban J connectivity index is 1.63. The molecule has 2 aromatic carbocycles. The van der Waals surface area contributed by atoms with Gasteiger partial charge < -0.3 is 19.3 Å². The normalized spacial score (nSPS) is 19.0. The molecule has 1 heterocycles. The molecule has 2 aromatic rings. The molecule has 1 amide bonds. The maximum Gasteiger partial charge on any atom is 0.233 e. The first-order valence-corrected chi connectivity index (χ1v) is 11.7. The third-order valence-corrected chi connectivity index (χ3v) is 6.93. The number of hydrogen-bond acceptors (Lipinski definition) is 4. The number of likely N-dealkylation sites (tertiary alicyclic amines) is 1. The third-order valence-electron chi connectivity index (χ3n) is 6.93. The number of carbonyl (C=O) groups excluding carboxylic acids is 1. The van der Waals surface area contributed by atoms with Crippen molar-refractivity contribution in [2.45, 2.75) is 38.5 Å². The van der Waals surface area contributed by atoms with E-state index in [2.05, 4.69) is 48.9 Å². The lowest BCUT2D eigenvalue weighted by Gasteiger charge is -2.45. The Morgan fingerprint density at radius 1 is 1.03 bits per heavy atom. The number of rotatable bonds is 10. The van der Waals surface area contributed by atoms with Crippen LogP contribution in [0.25, 0.3) is 0 Å². The van der Waals surface area contributed by atoms with Crippen molar-refractivity contribution in [2.75, 3.05) is 47.4 Å². The lowest BCUT2D eigenvalue weighted by Crippen LogP contribution is -2.55. The van der Waals surface area contributed by atoms with E-state index in [9.17, 15) is 4.79 Å². The Labute approximate surface area is 193 Å². The van der Waals surface area contributed by atoms with Gasteiger partial charge in [0.1, 0.15) is 11.5 Å². The van der Waals surface area contributed by atoms with Gasteiger partial charge in [-0.2, -0.15) is 0 Å². The summed E-state index contributed by atoms with van der Waals surface area (Å²) in [6.45, 7) is 7.76. The number of benzene rings is 2. The molecule has 1 fully saturated rings. The van der Waals surface area contributed by atoms with Gasteiger partial charge in [0.05, 0.1) is 19.6 Å². The SMILES string of the molecule is COc1ccc(CCN(C)CCN2CCCC(c3cccc(OC)c3)(C(C)C)C2=O)cc1. The molecule has 1 atom stereocenters. The number of carbonyl (C=O) groups is 1. The van der Waals surface area contributed by atoms with E-state index in [0.717, 1.165) is 62.5 Å². The van der Waals surface area contributed by atoms with Gasteiger partial charge >= 0.3 is 0 Å². The Morgan fingerprint density at radius 3 is 2.41 bits per heavy atom. The standard InChI is InChI=1S/C27H38N2O3/c1-21(2)27(23-8-6-9-25(20-23)32-5)15-7-16-29(26(27)30)19-18-28(3)17-14-22-10-12-24(31-4)13-11-22/h6,8-13,20-21H,7,14-19H2,1-5H3. The highest BCUT2D eigenvalue weighted by Gasteiger charge is 2.47. The van der Waals surface area contributed by atoms with Gasteiger partial charge in [0.25, 0.3) is 0 Å². The van der Waals surface area contributed by atoms with E-state index in [0.29, 0.717) is 0 Å². The van der Waals surface area contributed by atoms with Crippen molar-refractivity contribution in [1.82, 2.24) is 9.80 Å². The number of nitrogens with zero attached hydrogens (tertiary/aromatic N) is 2. The van der Waals surface area contributed by atoms with Gasteiger partial charge in [0.2, 0.25) is 5.91 Å². The van der Waals surface area contributed by atoms with Gasteiger partial charge in [-0.25, -0.2) is 0 Å². The zero-order valence-electron chi connectivity index (χ0n) is 20.3. The highest BCUT2D eigenvalue weighted by molar-refractivity contribution is 5.89. The van der Waals surface area contributed by atoms with Crippen LogP contribution < -0.4 is 9.47 Å². The van der Waals surface area contributed by atoms with Crippen molar-refractivity contribution >= 4 is 5.91 Å². The molecule has 174 valence electrons. The van der Waals surface area contributed by atoms with Crippen molar-refractivity contribution in [3.8, 4) is 11.5 Å². The number of amides is 1. The van der Waals surface area contributed by atoms with Gasteiger partial charge in [-0.05, 0) is 67.6 Å². The molecule has 0 saturated carbocycles. The fraction of sp³-hybridized carbons (Fsp3) is 0.519. The predicted molar refractivity (Wildman–Crippen MR) is 130 cm³/mol. The van der Waals surface area contributed by atoms with Crippen LogP contribution in [-0.2, 0) is 16.6 Å². The van der Waals surface area contributed by atoms with E-state index in [-0.39, 0.29) is 11.8 Å². The lowest BCUT2D eigenvalue weighted by molar-refractivity contribution is -0.143. The van der Waals surface area contributed by atoms with Crippen LogP contribution in [0.3, 0.4) is 0 Å². The molecule has 32 heavy (non-hydrogen) atoms. The second-order valence-electron chi connectivity index (χ2n) is 9.16.